The minimum absolute atomic E-state index is 0.0512. The van der Waals surface area contributed by atoms with Crippen LogP contribution in [0.2, 0.25) is 0 Å². The van der Waals surface area contributed by atoms with Crippen molar-refractivity contribution >= 4 is 33.3 Å². The molecule has 0 saturated heterocycles. The minimum atomic E-state index is -0.421. The van der Waals surface area contributed by atoms with Gasteiger partial charge in [-0.15, -0.1) is 0 Å². The highest BCUT2D eigenvalue weighted by Gasteiger charge is 2.12. The number of nitrogens with zero attached hydrogens (tertiary/aromatic N) is 1. The Morgan fingerprint density at radius 1 is 1.47 bits per heavy atom. The van der Waals surface area contributed by atoms with Crippen LogP contribution in [0.5, 0.6) is 0 Å². The Morgan fingerprint density at radius 3 is 2.76 bits per heavy atom. The SMILES string of the molecule is CCC(=O)c1ccc(Br)cc1NC(=O)CC#N. The summed E-state index contributed by atoms with van der Waals surface area (Å²) in [6, 6.07) is 6.80. The lowest BCUT2D eigenvalue weighted by Crippen LogP contribution is -2.13. The number of rotatable bonds is 4. The molecule has 0 heterocycles. The van der Waals surface area contributed by atoms with Crippen molar-refractivity contribution in [2.45, 2.75) is 19.8 Å². The van der Waals surface area contributed by atoms with Crippen LogP contribution in [-0.2, 0) is 4.79 Å². The molecule has 0 atom stereocenters. The van der Waals surface area contributed by atoms with E-state index >= 15 is 0 Å². The lowest BCUT2D eigenvalue weighted by atomic mass is 10.1. The summed E-state index contributed by atoms with van der Waals surface area (Å²) in [6.07, 6.45) is 0.134. The predicted molar refractivity (Wildman–Crippen MR) is 67.6 cm³/mol. The van der Waals surface area contributed by atoms with E-state index < -0.39 is 5.91 Å². The van der Waals surface area contributed by atoms with Crippen LogP contribution in [-0.4, -0.2) is 11.7 Å². The van der Waals surface area contributed by atoms with Gasteiger partial charge in [0.2, 0.25) is 5.91 Å². The normalized spacial score (nSPS) is 9.47. The van der Waals surface area contributed by atoms with Crippen molar-refractivity contribution in [3.63, 3.8) is 0 Å². The van der Waals surface area contributed by atoms with Crippen molar-refractivity contribution in [3.05, 3.63) is 28.2 Å². The lowest BCUT2D eigenvalue weighted by molar-refractivity contribution is -0.115. The first kappa shape index (κ1) is 13.4. The second kappa shape index (κ2) is 6.16. The van der Waals surface area contributed by atoms with Gasteiger partial charge in [0.05, 0.1) is 11.8 Å². The molecular weight excluding hydrogens is 284 g/mol. The zero-order valence-electron chi connectivity index (χ0n) is 9.29. The van der Waals surface area contributed by atoms with E-state index in [9.17, 15) is 9.59 Å². The van der Waals surface area contributed by atoms with Crippen molar-refractivity contribution in [1.29, 1.82) is 5.26 Å². The molecule has 0 aliphatic rings. The molecule has 88 valence electrons. The van der Waals surface area contributed by atoms with E-state index in [1.807, 2.05) is 0 Å². The highest BCUT2D eigenvalue weighted by atomic mass is 79.9. The maximum atomic E-state index is 11.7. The number of amides is 1. The molecule has 1 aromatic carbocycles. The number of halogens is 1. The van der Waals surface area contributed by atoms with E-state index in [4.69, 9.17) is 5.26 Å². The van der Waals surface area contributed by atoms with Gasteiger partial charge in [-0.1, -0.05) is 22.9 Å². The van der Waals surface area contributed by atoms with Gasteiger partial charge in [0.25, 0.3) is 0 Å². The van der Waals surface area contributed by atoms with Gasteiger partial charge in [-0.2, -0.15) is 5.26 Å². The van der Waals surface area contributed by atoms with Crippen LogP contribution in [0.15, 0.2) is 22.7 Å². The highest BCUT2D eigenvalue weighted by Crippen LogP contribution is 2.22. The second-order valence-corrected chi connectivity index (χ2v) is 4.27. The number of anilines is 1. The summed E-state index contributed by atoms with van der Waals surface area (Å²) < 4.78 is 0.761. The van der Waals surface area contributed by atoms with E-state index in [1.165, 1.54) is 0 Å². The van der Waals surface area contributed by atoms with E-state index in [-0.39, 0.29) is 12.2 Å². The molecule has 0 bridgehead atoms. The van der Waals surface area contributed by atoms with Gasteiger partial charge in [-0.25, -0.2) is 0 Å². The molecule has 1 aromatic rings. The average Bonchev–Trinajstić information content (AvgIpc) is 2.28. The lowest BCUT2D eigenvalue weighted by Gasteiger charge is -2.09. The monoisotopic (exact) mass is 294 g/mol. The number of hydrogen-bond donors (Lipinski definition) is 1. The Bertz CT molecular complexity index is 492. The van der Waals surface area contributed by atoms with Crippen LogP contribution in [0.4, 0.5) is 5.69 Å². The third kappa shape index (κ3) is 3.68. The maximum Gasteiger partial charge on any atom is 0.238 e. The summed E-state index contributed by atoms with van der Waals surface area (Å²) in [6.45, 7) is 1.76. The molecule has 1 N–H and O–H groups in total. The Morgan fingerprint density at radius 2 is 2.18 bits per heavy atom. The predicted octanol–water partition coefficient (Wildman–Crippen LogP) is 2.89. The van der Waals surface area contributed by atoms with Gasteiger partial charge in [0.1, 0.15) is 6.42 Å². The van der Waals surface area contributed by atoms with E-state index in [0.717, 1.165) is 4.47 Å². The maximum absolute atomic E-state index is 11.7. The Balaban J connectivity index is 3.04. The van der Waals surface area contributed by atoms with Crippen LogP contribution in [0, 0.1) is 11.3 Å². The zero-order valence-corrected chi connectivity index (χ0v) is 10.9. The first-order valence-electron chi connectivity index (χ1n) is 5.08. The Hall–Kier alpha value is -1.67. The number of benzene rings is 1. The highest BCUT2D eigenvalue weighted by molar-refractivity contribution is 9.10. The fourth-order valence-corrected chi connectivity index (χ4v) is 1.68. The van der Waals surface area contributed by atoms with Crippen molar-refractivity contribution in [2.75, 3.05) is 5.32 Å². The van der Waals surface area contributed by atoms with Gasteiger partial charge < -0.3 is 5.32 Å². The molecule has 4 nitrogen and oxygen atoms in total. The topological polar surface area (TPSA) is 70.0 Å². The molecule has 0 radical (unpaired) electrons. The molecule has 0 aliphatic heterocycles. The van der Waals surface area contributed by atoms with Gasteiger partial charge in [0.15, 0.2) is 5.78 Å². The number of nitriles is 1. The van der Waals surface area contributed by atoms with Crippen molar-refractivity contribution in [2.24, 2.45) is 0 Å². The number of ketones is 1. The molecule has 0 aliphatic carbocycles. The van der Waals surface area contributed by atoms with Crippen molar-refractivity contribution < 1.29 is 9.59 Å². The van der Waals surface area contributed by atoms with Gasteiger partial charge >= 0.3 is 0 Å². The summed E-state index contributed by atoms with van der Waals surface area (Å²) in [5.74, 6) is -0.472. The van der Waals surface area contributed by atoms with Crippen LogP contribution < -0.4 is 5.32 Å². The van der Waals surface area contributed by atoms with Gasteiger partial charge in [0, 0.05) is 16.5 Å². The second-order valence-electron chi connectivity index (χ2n) is 3.35. The first-order chi connectivity index (χ1) is 8.08. The fourth-order valence-electron chi connectivity index (χ4n) is 1.32. The molecule has 0 unspecified atom stereocenters. The molecule has 0 fully saturated rings. The Labute approximate surface area is 108 Å². The molecule has 1 rings (SSSR count). The summed E-state index contributed by atoms with van der Waals surface area (Å²) in [7, 11) is 0. The molecule has 1 amide bonds. The molecular formula is C12H11BrN2O2. The van der Waals surface area contributed by atoms with Crippen LogP contribution in [0.25, 0.3) is 0 Å². The largest absolute Gasteiger partial charge is 0.324 e. The van der Waals surface area contributed by atoms with Crippen molar-refractivity contribution in [3.8, 4) is 6.07 Å². The molecule has 0 aromatic heterocycles. The molecule has 5 heteroatoms. The van der Waals surface area contributed by atoms with Crippen LogP contribution in [0.1, 0.15) is 30.1 Å². The van der Waals surface area contributed by atoms with E-state index in [1.54, 1.807) is 31.2 Å². The van der Waals surface area contributed by atoms with Gasteiger partial charge in [-0.05, 0) is 18.2 Å². The fraction of sp³-hybridized carbons (Fsp3) is 0.250. The van der Waals surface area contributed by atoms with E-state index in [2.05, 4.69) is 21.2 Å². The summed E-state index contributed by atoms with van der Waals surface area (Å²) in [4.78, 5) is 23.0. The number of Topliss-reactive ketones (excluding diaryl/α,β-unsaturated/α-hetero) is 1. The third-order valence-corrected chi connectivity index (χ3v) is 2.61. The number of carbonyl (C=O) groups is 2. The molecule has 17 heavy (non-hydrogen) atoms. The van der Waals surface area contributed by atoms with Crippen molar-refractivity contribution in [1.82, 2.24) is 0 Å². The number of nitrogens with one attached hydrogen (secondary N) is 1. The summed E-state index contributed by atoms with van der Waals surface area (Å²) >= 11 is 3.27. The first-order valence-corrected chi connectivity index (χ1v) is 5.87. The minimum Gasteiger partial charge on any atom is -0.324 e. The third-order valence-electron chi connectivity index (χ3n) is 2.12. The van der Waals surface area contributed by atoms with Crippen LogP contribution >= 0.6 is 15.9 Å². The summed E-state index contributed by atoms with van der Waals surface area (Å²) in [5.41, 5.74) is 0.897. The van der Waals surface area contributed by atoms with E-state index in [0.29, 0.717) is 17.7 Å². The smallest absolute Gasteiger partial charge is 0.238 e. The van der Waals surface area contributed by atoms with Crippen LogP contribution in [0.3, 0.4) is 0 Å². The number of carbonyl (C=O) groups excluding carboxylic acids is 2. The van der Waals surface area contributed by atoms with Gasteiger partial charge in [-0.3, -0.25) is 9.59 Å². The standard InChI is InChI=1S/C12H11BrN2O2/c1-2-11(16)9-4-3-8(13)7-10(9)15-12(17)5-6-14/h3-4,7H,2,5H2,1H3,(H,15,17). The summed E-state index contributed by atoms with van der Waals surface area (Å²) in [5, 5.41) is 11.0. The Kier molecular flexibility index (Phi) is 4.85. The molecule has 0 spiro atoms. The molecule has 0 saturated carbocycles. The quantitative estimate of drug-likeness (QED) is 0.868. The average molecular weight is 295 g/mol. The number of hydrogen-bond acceptors (Lipinski definition) is 3. The zero-order chi connectivity index (χ0) is 12.8.